The number of hydrogen-bond acceptors (Lipinski definition) is 0. The van der Waals surface area contributed by atoms with Gasteiger partial charge in [0.1, 0.15) is 5.82 Å². The van der Waals surface area contributed by atoms with E-state index in [2.05, 4.69) is 0 Å². The third-order valence-corrected chi connectivity index (χ3v) is 1.15. The SMILES string of the molecule is FC(F)=Cc1ccc(F)cc1. The van der Waals surface area contributed by atoms with E-state index in [0.717, 1.165) is 12.1 Å². The minimum absolute atomic E-state index is 0.298. The number of hydrogen-bond donors (Lipinski definition) is 0. The standard InChI is InChI=1S/C8H5F3/c9-7-3-1-6(2-4-7)5-8(10)11/h1-5H. The molecule has 0 aliphatic carbocycles. The number of benzene rings is 1. The highest BCUT2D eigenvalue weighted by molar-refractivity contribution is 5.49. The van der Waals surface area contributed by atoms with E-state index >= 15 is 0 Å². The van der Waals surface area contributed by atoms with Crippen molar-refractivity contribution in [1.82, 2.24) is 0 Å². The molecule has 0 heterocycles. The molecule has 0 aliphatic heterocycles. The van der Waals surface area contributed by atoms with Gasteiger partial charge in [-0.1, -0.05) is 12.1 Å². The minimum atomic E-state index is -1.78. The molecule has 0 N–H and O–H groups in total. The fourth-order valence-corrected chi connectivity index (χ4v) is 0.685. The molecular formula is C8H5F3. The maximum absolute atomic E-state index is 12.2. The van der Waals surface area contributed by atoms with Gasteiger partial charge in [-0.25, -0.2) is 4.39 Å². The van der Waals surface area contributed by atoms with Crippen molar-refractivity contribution in [3.63, 3.8) is 0 Å². The van der Waals surface area contributed by atoms with Crippen LogP contribution in [-0.4, -0.2) is 0 Å². The maximum Gasteiger partial charge on any atom is 0.270 e. The first-order valence-electron chi connectivity index (χ1n) is 2.97. The Morgan fingerprint density at radius 1 is 1.09 bits per heavy atom. The summed E-state index contributed by atoms with van der Waals surface area (Å²) in [6.07, 6.45) is -1.10. The zero-order chi connectivity index (χ0) is 8.27. The van der Waals surface area contributed by atoms with Gasteiger partial charge in [0.05, 0.1) is 0 Å². The van der Waals surface area contributed by atoms with Crippen molar-refractivity contribution in [3.8, 4) is 0 Å². The molecule has 0 aromatic heterocycles. The van der Waals surface area contributed by atoms with Crippen molar-refractivity contribution >= 4 is 6.08 Å². The molecule has 0 atom stereocenters. The molecule has 0 saturated carbocycles. The van der Waals surface area contributed by atoms with Crippen LogP contribution in [0, 0.1) is 5.82 Å². The Kier molecular flexibility index (Phi) is 2.31. The van der Waals surface area contributed by atoms with Gasteiger partial charge in [0, 0.05) is 6.08 Å². The van der Waals surface area contributed by atoms with Crippen LogP contribution >= 0.6 is 0 Å². The molecule has 1 aromatic carbocycles. The lowest BCUT2D eigenvalue weighted by Gasteiger charge is -1.90. The second-order valence-electron chi connectivity index (χ2n) is 1.99. The molecule has 0 amide bonds. The molecule has 1 rings (SSSR count). The molecule has 0 aliphatic rings. The normalized spacial score (nSPS) is 9.36. The van der Waals surface area contributed by atoms with Crippen LogP contribution in [0.25, 0.3) is 6.08 Å². The third kappa shape index (κ3) is 2.45. The van der Waals surface area contributed by atoms with Gasteiger partial charge in [0.15, 0.2) is 0 Å². The van der Waals surface area contributed by atoms with Crippen molar-refractivity contribution < 1.29 is 13.2 Å². The monoisotopic (exact) mass is 158 g/mol. The predicted molar refractivity (Wildman–Crippen MR) is 36.6 cm³/mol. The summed E-state index contributed by atoms with van der Waals surface area (Å²) >= 11 is 0. The number of rotatable bonds is 1. The van der Waals surface area contributed by atoms with E-state index in [1.165, 1.54) is 12.1 Å². The van der Waals surface area contributed by atoms with Crippen LogP contribution in [-0.2, 0) is 0 Å². The summed E-state index contributed by atoms with van der Waals surface area (Å²) in [5.74, 6) is -0.429. The van der Waals surface area contributed by atoms with Crippen molar-refractivity contribution in [2.45, 2.75) is 0 Å². The fourth-order valence-electron chi connectivity index (χ4n) is 0.685. The topological polar surface area (TPSA) is 0 Å². The molecule has 0 radical (unpaired) electrons. The van der Waals surface area contributed by atoms with Crippen molar-refractivity contribution in [2.24, 2.45) is 0 Å². The quantitative estimate of drug-likeness (QED) is 0.589. The summed E-state index contributed by atoms with van der Waals surface area (Å²) in [5.41, 5.74) is 0.298. The largest absolute Gasteiger partial charge is 0.270 e. The van der Waals surface area contributed by atoms with E-state index in [1.807, 2.05) is 0 Å². The van der Waals surface area contributed by atoms with Gasteiger partial charge < -0.3 is 0 Å². The Morgan fingerprint density at radius 3 is 2.09 bits per heavy atom. The molecule has 58 valence electrons. The van der Waals surface area contributed by atoms with Crippen molar-refractivity contribution in [3.05, 3.63) is 41.7 Å². The summed E-state index contributed by atoms with van der Waals surface area (Å²) < 4.78 is 35.4. The van der Waals surface area contributed by atoms with Gasteiger partial charge >= 0.3 is 0 Å². The van der Waals surface area contributed by atoms with E-state index in [4.69, 9.17) is 0 Å². The average Bonchev–Trinajstić information content (AvgIpc) is 1.93. The summed E-state index contributed by atoms with van der Waals surface area (Å²) in [6, 6.07) is 4.84. The third-order valence-electron chi connectivity index (χ3n) is 1.15. The lowest BCUT2D eigenvalue weighted by Crippen LogP contribution is -1.74. The van der Waals surface area contributed by atoms with Crippen molar-refractivity contribution in [1.29, 1.82) is 0 Å². The molecule has 0 fully saturated rings. The first-order valence-corrected chi connectivity index (χ1v) is 2.97. The lowest BCUT2D eigenvalue weighted by molar-refractivity contribution is 0.429. The van der Waals surface area contributed by atoms with Gasteiger partial charge in [0.25, 0.3) is 6.08 Å². The molecule has 0 bridgehead atoms. The zero-order valence-corrected chi connectivity index (χ0v) is 5.52. The Labute approximate surface area is 62.0 Å². The second-order valence-corrected chi connectivity index (χ2v) is 1.99. The van der Waals surface area contributed by atoms with Crippen LogP contribution < -0.4 is 0 Å². The fraction of sp³-hybridized carbons (Fsp3) is 0. The highest BCUT2D eigenvalue weighted by Crippen LogP contribution is 2.09. The van der Waals surface area contributed by atoms with E-state index in [-0.39, 0.29) is 0 Å². The highest BCUT2D eigenvalue weighted by atomic mass is 19.3. The van der Waals surface area contributed by atoms with E-state index in [1.54, 1.807) is 0 Å². The van der Waals surface area contributed by atoms with Crippen LogP contribution in [0.15, 0.2) is 30.3 Å². The van der Waals surface area contributed by atoms with Gasteiger partial charge in [-0.15, -0.1) is 0 Å². The highest BCUT2D eigenvalue weighted by Gasteiger charge is 1.92. The first kappa shape index (κ1) is 7.85. The summed E-state index contributed by atoms with van der Waals surface area (Å²) in [4.78, 5) is 0. The second kappa shape index (κ2) is 3.23. The lowest BCUT2D eigenvalue weighted by atomic mass is 10.2. The molecule has 1 aromatic rings. The molecule has 11 heavy (non-hydrogen) atoms. The van der Waals surface area contributed by atoms with Crippen molar-refractivity contribution in [2.75, 3.05) is 0 Å². The Morgan fingerprint density at radius 2 is 1.64 bits per heavy atom. The van der Waals surface area contributed by atoms with Crippen LogP contribution in [0.1, 0.15) is 5.56 Å². The van der Waals surface area contributed by atoms with Crippen LogP contribution in [0.5, 0.6) is 0 Å². The Balaban J connectivity index is 2.91. The Bertz CT molecular complexity index is 257. The first-order chi connectivity index (χ1) is 5.18. The van der Waals surface area contributed by atoms with E-state index < -0.39 is 11.9 Å². The molecular weight excluding hydrogens is 153 g/mol. The van der Waals surface area contributed by atoms with E-state index in [9.17, 15) is 13.2 Å². The molecule has 0 nitrogen and oxygen atoms in total. The maximum atomic E-state index is 12.2. The Hall–Kier alpha value is -1.25. The van der Waals surface area contributed by atoms with Gasteiger partial charge in [-0.05, 0) is 17.7 Å². The summed E-state index contributed by atoms with van der Waals surface area (Å²) in [6.45, 7) is 0. The van der Waals surface area contributed by atoms with Gasteiger partial charge in [-0.3, -0.25) is 0 Å². The zero-order valence-electron chi connectivity index (χ0n) is 5.52. The number of halogens is 3. The minimum Gasteiger partial charge on any atom is -0.207 e. The predicted octanol–water partition coefficient (Wildman–Crippen LogP) is 3.06. The van der Waals surface area contributed by atoms with Gasteiger partial charge in [0.2, 0.25) is 0 Å². The van der Waals surface area contributed by atoms with Gasteiger partial charge in [-0.2, -0.15) is 8.78 Å². The molecule has 0 saturated heterocycles. The molecule has 3 heteroatoms. The van der Waals surface area contributed by atoms with E-state index in [0.29, 0.717) is 11.6 Å². The van der Waals surface area contributed by atoms with Crippen LogP contribution in [0.2, 0.25) is 0 Å². The summed E-state index contributed by atoms with van der Waals surface area (Å²) in [5, 5.41) is 0. The molecule has 0 spiro atoms. The van der Waals surface area contributed by atoms with Crippen LogP contribution in [0.4, 0.5) is 13.2 Å². The smallest absolute Gasteiger partial charge is 0.207 e. The molecule has 0 unspecified atom stereocenters. The summed E-state index contributed by atoms with van der Waals surface area (Å²) in [7, 11) is 0. The van der Waals surface area contributed by atoms with Crippen LogP contribution in [0.3, 0.4) is 0 Å². The average molecular weight is 158 g/mol.